The number of anilines is 1. The summed E-state index contributed by atoms with van der Waals surface area (Å²) in [6, 6.07) is 12.4. The maximum atomic E-state index is 15.1. The van der Waals surface area contributed by atoms with Gasteiger partial charge in [-0.15, -0.1) is 0 Å². The maximum Gasteiger partial charge on any atom is 0.335 e. The van der Waals surface area contributed by atoms with Crippen LogP contribution in [0.5, 0.6) is 23.0 Å². The molecule has 0 aliphatic heterocycles. The van der Waals surface area contributed by atoms with Crippen LogP contribution in [0.3, 0.4) is 0 Å². The van der Waals surface area contributed by atoms with Gasteiger partial charge in [-0.2, -0.15) is 0 Å². The molecule has 5 aromatic rings. The number of amides is 1. The molecule has 0 aliphatic rings. The van der Waals surface area contributed by atoms with Gasteiger partial charge in [0.2, 0.25) is 0 Å². The lowest BCUT2D eigenvalue weighted by Crippen LogP contribution is -2.42. The monoisotopic (exact) mass is 604 g/mol. The Hall–Kier alpha value is -5.52. The van der Waals surface area contributed by atoms with Crippen molar-refractivity contribution in [1.82, 2.24) is 14.1 Å². The molecule has 0 radical (unpaired) electrons. The van der Waals surface area contributed by atoms with E-state index in [-0.39, 0.29) is 39.9 Å². The molecule has 2 N–H and O–H groups in total. The van der Waals surface area contributed by atoms with Crippen molar-refractivity contribution in [1.29, 1.82) is 0 Å². The molecule has 0 saturated carbocycles. The number of nitrogens with one attached hydrogen (secondary N) is 1. The van der Waals surface area contributed by atoms with Crippen molar-refractivity contribution in [2.24, 2.45) is 0 Å². The summed E-state index contributed by atoms with van der Waals surface area (Å²) in [5, 5.41) is 13.0. The first-order valence-electron chi connectivity index (χ1n) is 13.7. The zero-order valence-corrected chi connectivity index (χ0v) is 24.6. The van der Waals surface area contributed by atoms with Crippen molar-refractivity contribution >= 4 is 22.5 Å². The van der Waals surface area contributed by atoms with Crippen molar-refractivity contribution < 1.29 is 28.2 Å². The van der Waals surface area contributed by atoms with Crippen LogP contribution in [0.2, 0.25) is 0 Å². The number of fused-ring (bicyclic) bond motifs is 1. The predicted molar refractivity (Wildman–Crippen MR) is 162 cm³/mol. The maximum absolute atomic E-state index is 15.1. The van der Waals surface area contributed by atoms with Crippen LogP contribution in [0.1, 0.15) is 44.1 Å². The number of benzene rings is 3. The number of halogens is 2. The van der Waals surface area contributed by atoms with Crippen molar-refractivity contribution in [2.45, 2.75) is 33.7 Å². The van der Waals surface area contributed by atoms with Gasteiger partial charge < -0.3 is 19.9 Å². The number of aromatic hydroxyl groups is 1. The fourth-order valence-corrected chi connectivity index (χ4v) is 4.28. The van der Waals surface area contributed by atoms with E-state index in [4.69, 9.17) is 9.47 Å². The van der Waals surface area contributed by atoms with Gasteiger partial charge in [0, 0.05) is 41.6 Å². The lowest BCUT2D eigenvalue weighted by atomic mass is 10.2. The second-order valence-corrected chi connectivity index (χ2v) is 9.50. The molecule has 3 aromatic carbocycles. The van der Waals surface area contributed by atoms with E-state index in [1.54, 1.807) is 13.8 Å². The van der Waals surface area contributed by atoms with Crippen LogP contribution < -0.4 is 26.0 Å². The zero-order valence-electron chi connectivity index (χ0n) is 24.6. The summed E-state index contributed by atoms with van der Waals surface area (Å²) in [4.78, 5) is 43.6. The number of methoxy groups -OCH3 is 1. The van der Waals surface area contributed by atoms with E-state index in [2.05, 4.69) is 10.3 Å². The van der Waals surface area contributed by atoms with Gasteiger partial charge in [-0.3, -0.25) is 19.1 Å². The summed E-state index contributed by atoms with van der Waals surface area (Å²) in [6.07, 6.45) is 2.57. The second kappa shape index (κ2) is 13.2. The molecule has 0 saturated heterocycles. The van der Waals surface area contributed by atoms with Crippen molar-refractivity contribution in [3.8, 4) is 28.7 Å². The first-order valence-corrected chi connectivity index (χ1v) is 13.7. The minimum atomic E-state index is -0.924. The third kappa shape index (κ3) is 6.28. The average molecular weight is 605 g/mol. The zero-order chi connectivity index (χ0) is 32.1. The number of ether oxygens (including phenoxy) is 2. The molecule has 5 rings (SSSR count). The summed E-state index contributed by atoms with van der Waals surface area (Å²) in [5.74, 6) is -2.12. The molecule has 10 nitrogen and oxygen atoms in total. The highest BCUT2D eigenvalue weighted by Gasteiger charge is 2.21. The molecule has 12 heteroatoms. The quantitative estimate of drug-likeness (QED) is 0.227. The molecule has 0 bridgehead atoms. The number of phenolic OH excluding ortho intramolecular Hbond substituents is 1. The van der Waals surface area contributed by atoms with Crippen LogP contribution >= 0.6 is 0 Å². The molecule has 1 amide bonds. The van der Waals surface area contributed by atoms with E-state index in [1.165, 1.54) is 60.3 Å². The number of carbonyl (C=O) groups is 1. The van der Waals surface area contributed by atoms with Gasteiger partial charge >= 0.3 is 5.69 Å². The van der Waals surface area contributed by atoms with Crippen LogP contribution in [0.15, 0.2) is 82.6 Å². The number of phenols is 1. The van der Waals surface area contributed by atoms with E-state index in [0.29, 0.717) is 10.9 Å². The minimum absolute atomic E-state index is 0.0195. The van der Waals surface area contributed by atoms with Gasteiger partial charge in [0.05, 0.1) is 18.3 Å². The van der Waals surface area contributed by atoms with Gasteiger partial charge in [0.25, 0.3) is 11.5 Å². The normalized spacial score (nSPS) is 10.7. The number of hydrogen-bond donors (Lipinski definition) is 2. The highest BCUT2D eigenvalue weighted by atomic mass is 19.1. The van der Waals surface area contributed by atoms with E-state index < -0.39 is 34.8 Å². The molecule has 44 heavy (non-hydrogen) atoms. The average Bonchev–Trinajstić information content (AvgIpc) is 3.00. The molecule has 2 aromatic heterocycles. The van der Waals surface area contributed by atoms with Crippen molar-refractivity contribution in [3.05, 3.63) is 111 Å². The largest absolute Gasteiger partial charge is 0.504 e. The van der Waals surface area contributed by atoms with E-state index in [9.17, 15) is 23.9 Å². The highest BCUT2D eigenvalue weighted by Crippen LogP contribution is 2.37. The minimum Gasteiger partial charge on any atom is -0.504 e. The number of nitrogens with zero attached hydrogens (tertiary/aromatic N) is 3. The van der Waals surface area contributed by atoms with Crippen LogP contribution in [-0.4, -0.2) is 32.2 Å². The van der Waals surface area contributed by atoms with Crippen molar-refractivity contribution in [2.75, 3.05) is 12.4 Å². The number of hydrogen-bond acceptors (Lipinski definition) is 7. The first kappa shape index (κ1) is 31.4. The molecule has 0 unspecified atom stereocenters. The third-order valence-electron chi connectivity index (χ3n) is 6.41. The summed E-state index contributed by atoms with van der Waals surface area (Å²) < 4.78 is 41.5. The Morgan fingerprint density at radius 2 is 1.66 bits per heavy atom. The van der Waals surface area contributed by atoms with E-state index in [1.807, 2.05) is 13.8 Å². The summed E-state index contributed by atoms with van der Waals surface area (Å²) in [7, 11) is 1.39. The third-order valence-corrected chi connectivity index (χ3v) is 6.41. The Balaban J connectivity index is 0.00000216. The molecule has 0 atom stereocenters. The number of aromatic nitrogens is 3. The molecule has 228 valence electrons. The Morgan fingerprint density at radius 1 is 0.955 bits per heavy atom. The lowest BCUT2D eigenvalue weighted by Gasteiger charge is -2.16. The van der Waals surface area contributed by atoms with Crippen LogP contribution in [0.25, 0.3) is 16.6 Å². The fraction of sp³-hybridized carbons (Fsp3) is 0.188. The van der Waals surface area contributed by atoms with Crippen LogP contribution in [0, 0.1) is 11.6 Å². The van der Waals surface area contributed by atoms with Gasteiger partial charge in [-0.05, 0) is 62.4 Å². The van der Waals surface area contributed by atoms with Crippen LogP contribution in [-0.2, 0) is 0 Å². The van der Waals surface area contributed by atoms with E-state index in [0.717, 1.165) is 29.0 Å². The standard InChI is InChI=1S/C30H24F2N4O6.C2H6/c1-16(2)35-15-21(29(39)36(30(35)40)19-7-4-17(31)5-8-19)28(38)34-18-6-9-26(22(32)12-18)42-25-10-11-33-23-14-24(37)27(41-3)13-20(23)25;1-2/h4-16,37H,1-3H3,(H,34,38);1-2H3. The topological polar surface area (TPSA) is 125 Å². The van der Waals surface area contributed by atoms with Gasteiger partial charge in [0.1, 0.15) is 17.1 Å². The predicted octanol–water partition coefficient (Wildman–Crippen LogP) is 6.19. The second-order valence-electron chi connectivity index (χ2n) is 9.50. The van der Waals surface area contributed by atoms with Gasteiger partial charge in [-0.1, -0.05) is 13.8 Å². The molecule has 2 heterocycles. The Bertz CT molecular complexity index is 1950. The molecule has 0 fully saturated rings. The Morgan fingerprint density at radius 3 is 2.30 bits per heavy atom. The van der Waals surface area contributed by atoms with Gasteiger partial charge in [0.15, 0.2) is 23.1 Å². The van der Waals surface area contributed by atoms with Crippen molar-refractivity contribution in [3.63, 3.8) is 0 Å². The van der Waals surface area contributed by atoms with Crippen LogP contribution in [0.4, 0.5) is 14.5 Å². The van der Waals surface area contributed by atoms with Gasteiger partial charge in [-0.25, -0.2) is 18.1 Å². The molecular weight excluding hydrogens is 574 g/mol. The summed E-state index contributed by atoms with van der Waals surface area (Å²) in [5.41, 5.74) is -1.52. The molecule has 0 aliphatic carbocycles. The first-order chi connectivity index (χ1) is 21.1. The highest BCUT2D eigenvalue weighted by molar-refractivity contribution is 6.04. The lowest BCUT2D eigenvalue weighted by molar-refractivity contribution is 0.102. The fourth-order valence-electron chi connectivity index (χ4n) is 4.28. The Kier molecular flexibility index (Phi) is 9.42. The molecule has 0 spiro atoms. The SMILES string of the molecule is CC.COc1cc2c(Oc3ccc(NC(=O)c4cn(C(C)C)c(=O)n(-c5ccc(F)cc5)c4=O)cc3F)ccnc2cc1O. The van der Waals surface area contributed by atoms with E-state index >= 15 is 4.39 Å². The smallest absolute Gasteiger partial charge is 0.335 e. The summed E-state index contributed by atoms with van der Waals surface area (Å²) >= 11 is 0. The summed E-state index contributed by atoms with van der Waals surface area (Å²) in [6.45, 7) is 7.39. The molecular formula is C32H30F2N4O6. The number of pyridine rings is 1. The number of carbonyl (C=O) groups excluding carboxylic acids is 1. The number of rotatable bonds is 7. The Labute approximate surface area is 250 Å².